The number of alkyl halides is 2. The zero-order chi connectivity index (χ0) is 31.4. The molecule has 2 aromatic carbocycles. The second-order valence-corrected chi connectivity index (χ2v) is 10.5. The van der Waals surface area contributed by atoms with E-state index in [1.165, 1.54) is 26.4 Å². The Bertz CT molecular complexity index is 1700. The summed E-state index contributed by atoms with van der Waals surface area (Å²) in [5, 5.41) is 23.3. The standard InChI is InChI=1S/C32H32F2N4O6/c1-38(2)11-10-32(39,21-16-26(40-3)37-27(17-21)44-31(33)34)28(22-6-5-7-25-29(22)43-13-12-42-25)23-15-20-14-19(18-35)8-9-24(20)36-30(23)41-4/h5-9,14-17,28,31,39H,10-13H2,1-4H3. The summed E-state index contributed by atoms with van der Waals surface area (Å²) in [6, 6.07) is 17.2. The average molecular weight is 607 g/mol. The molecule has 4 aromatic rings. The molecule has 44 heavy (non-hydrogen) atoms. The molecule has 0 saturated heterocycles. The number of benzene rings is 2. The third-order valence-electron chi connectivity index (χ3n) is 7.46. The van der Waals surface area contributed by atoms with Crippen LogP contribution in [-0.4, -0.2) is 74.7 Å². The first kappa shape index (κ1) is 30.7. The van der Waals surface area contributed by atoms with Gasteiger partial charge in [0.2, 0.25) is 17.6 Å². The lowest BCUT2D eigenvalue weighted by molar-refractivity contribution is -0.0538. The Hall–Kier alpha value is -4.73. The molecular weight excluding hydrogens is 574 g/mol. The normalized spacial score (nSPS) is 14.6. The summed E-state index contributed by atoms with van der Waals surface area (Å²) in [5.41, 5.74) is 0.377. The second kappa shape index (κ2) is 12.9. The van der Waals surface area contributed by atoms with Crippen molar-refractivity contribution in [1.29, 1.82) is 5.26 Å². The first-order chi connectivity index (χ1) is 21.2. The molecule has 1 aliphatic rings. The molecule has 0 amide bonds. The van der Waals surface area contributed by atoms with Gasteiger partial charge < -0.3 is 33.7 Å². The number of rotatable bonds is 11. The van der Waals surface area contributed by atoms with Crippen LogP contribution in [0.15, 0.2) is 54.6 Å². The highest BCUT2D eigenvalue weighted by molar-refractivity contribution is 5.82. The van der Waals surface area contributed by atoms with Crippen molar-refractivity contribution in [2.75, 3.05) is 48.1 Å². The number of pyridine rings is 2. The van der Waals surface area contributed by atoms with Crippen molar-refractivity contribution in [2.45, 2.75) is 24.6 Å². The number of halogens is 2. The van der Waals surface area contributed by atoms with Crippen molar-refractivity contribution in [2.24, 2.45) is 0 Å². The van der Waals surface area contributed by atoms with Gasteiger partial charge in [0.15, 0.2) is 11.5 Å². The van der Waals surface area contributed by atoms with Crippen molar-refractivity contribution < 1.29 is 37.6 Å². The fourth-order valence-corrected chi connectivity index (χ4v) is 5.46. The summed E-state index contributed by atoms with van der Waals surface area (Å²) < 4.78 is 54.6. The molecule has 0 saturated carbocycles. The number of fused-ring (bicyclic) bond motifs is 2. The van der Waals surface area contributed by atoms with Crippen LogP contribution in [0.5, 0.6) is 29.1 Å². The van der Waals surface area contributed by atoms with Gasteiger partial charge in [0.25, 0.3) is 0 Å². The molecule has 2 atom stereocenters. The fraction of sp³-hybridized carbons (Fsp3) is 0.344. The van der Waals surface area contributed by atoms with E-state index in [4.69, 9.17) is 23.9 Å². The minimum absolute atomic E-state index is 0.0304. The monoisotopic (exact) mass is 606 g/mol. The highest BCUT2D eigenvalue weighted by Crippen LogP contribution is 2.52. The maximum absolute atomic E-state index is 13.4. The maximum atomic E-state index is 13.4. The smallest absolute Gasteiger partial charge is 0.388 e. The highest BCUT2D eigenvalue weighted by Gasteiger charge is 2.45. The number of aliphatic hydroxyl groups is 1. The Morgan fingerprint density at radius 2 is 1.77 bits per heavy atom. The molecule has 10 nitrogen and oxygen atoms in total. The molecule has 5 rings (SSSR count). The van der Waals surface area contributed by atoms with Gasteiger partial charge >= 0.3 is 6.61 Å². The van der Waals surface area contributed by atoms with E-state index >= 15 is 0 Å². The van der Waals surface area contributed by atoms with Crippen LogP contribution in [0.25, 0.3) is 10.9 Å². The minimum Gasteiger partial charge on any atom is -0.486 e. The lowest BCUT2D eigenvalue weighted by Crippen LogP contribution is -2.38. The van der Waals surface area contributed by atoms with Gasteiger partial charge in [-0.05, 0) is 56.4 Å². The largest absolute Gasteiger partial charge is 0.486 e. The molecule has 1 N–H and O–H groups in total. The molecule has 2 aromatic heterocycles. The summed E-state index contributed by atoms with van der Waals surface area (Å²) in [6.07, 6.45) is 0.107. The van der Waals surface area contributed by atoms with E-state index < -0.39 is 24.0 Å². The van der Waals surface area contributed by atoms with E-state index in [0.717, 1.165) is 0 Å². The summed E-state index contributed by atoms with van der Waals surface area (Å²) in [6.45, 7) is -2.14. The minimum atomic E-state index is -3.15. The third-order valence-corrected chi connectivity index (χ3v) is 7.46. The maximum Gasteiger partial charge on any atom is 0.388 e. The number of hydrogen-bond acceptors (Lipinski definition) is 10. The molecule has 1 aliphatic heterocycles. The summed E-state index contributed by atoms with van der Waals surface area (Å²) >= 11 is 0. The van der Waals surface area contributed by atoms with E-state index in [2.05, 4.69) is 15.8 Å². The lowest BCUT2D eigenvalue weighted by Gasteiger charge is -2.40. The van der Waals surface area contributed by atoms with Crippen LogP contribution in [0.4, 0.5) is 8.78 Å². The first-order valence-corrected chi connectivity index (χ1v) is 13.8. The van der Waals surface area contributed by atoms with Crippen LogP contribution in [0.2, 0.25) is 0 Å². The topological polar surface area (TPSA) is 119 Å². The number of nitriles is 1. The van der Waals surface area contributed by atoms with Crippen LogP contribution in [-0.2, 0) is 5.60 Å². The van der Waals surface area contributed by atoms with Crippen LogP contribution in [0.3, 0.4) is 0 Å². The molecule has 12 heteroatoms. The molecule has 2 unspecified atom stereocenters. The van der Waals surface area contributed by atoms with Crippen LogP contribution in [0, 0.1) is 11.3 Å². The van der Waals surface area contributed by atoms with Crippen molar-refractivity contribution in [3.8, 4) is 35.2 Å². The first-order valence-electron chi connectivity index (χ1n) is 13.8. The highest BCUT2D eigenvalue weighted by atomic mass is 19.3. The SMILES string of the molecule is COc1cc(C(O)(CCN(C)C)C(c2cc3cc(C#N)ccc3nc2OC)c2cccc3c2OCCO3)cc(OC(F)F)n1. The van der Waals surface area contributed by atoms with Crippen molar-refractivity contribution in [1.82, 2.24) is 14.9 Å². The molecule has 0 fully saturated rings. The summed E-state index contributed by atoms with van der Waals surface area (Å²) in [5.74, 6) is -0.296. The van der Waals surface area contributed by atoms with Crippen LogP contribution < -0.4 is 23.7 Å². The summed E-state index contributed by atoms with van der Waals surface area (Å²) in [4.78, 5) is 10.6. The second-order valence-electron chi connectivity index (χ2n) is 10.5. The zero-order valence-electron chi connectivity index (χ0n) is 24.7. The quantitative estimate of drug-likeness (QED) is 0.254. The fourth-order valence-electron chi connectivity index (χ4n) is 5.46. The summed E-state index contributed by atoms with van der Waals surface area (Å²) in [7, 11) is 6.53. The Morgan fingerprint density at radius 1 is 1.00 bits per heavy atom. The van der Waals surface area contributed by atoms with Gasteiger partial charge in [-0.2, -0.15) is 19.0 Å². The van der Waals surface area contributed by atoms with E-state index in [-0.39, 0.29) is 30.4 Å². The molecule has 0 bridgehead atoms. The van der Waals surface area contributed by atoms with Gasteiger partial charge in [-0.15, -0.1) is 0 Å². The molecule has 0 radical (unpaired) electrons. The Morgan fingerprint density at radius 3 is 2.48 bits per heavy atom. The molecule has 230 valence electrons. The number of nitrogens with zero attached hydrogens (tertiary/aromatic N) is 4. The van der Waals surface area contributed by atoms with Crippen molar-refractivity contribution >= 4 is 10.9 Å². The van der Waals surface area contributed by atoms with Crippen LogP contribution in [0.1, 0.15) is 34.6 Å². The Kier molecular flexibility index (Phi) is 8.98. The molecule has 3 heterocycles. The third kappa shape index (κ3) is 6.15. The van der Waals surface area contributed by atoms with E-state index in [0.29, 0.717) is 52.2 Å². The number of methoxy groups -OCH3 is 2. The van der Waals surface area contributed by atoms with Gasteiger partial charge in [0.1, 0.15) is 18.8 Å². The predicted molar refractivity (Wildman–Crippen MR) is 157 cm³/mol. The van der Waals surface area contributed by atoms with E-state index in [1.807, 2.05) is 31.1 Å². The molecule has 0 aliphatic carbocycles. The van der Waals surface area contributed by atoms with Crippen molar-refractivity contribution in [3.05, 3.63) is 76.9 Å². The molecular formula is C32H32F2N4O6. The van der Waals surface area contributed by atoms with E-state index in [1.54, 1.807) is 30.3 Å². The number of hydrogen-bond donors (Lipinski definition) is 1. The van der Waals surface area contributed by atoms with Gasteiger partial charge in [-0.25, -0.2) is 4.98 Å². The van der Waals surface area contributed by atoms with E-state index in [9.17, 15) is 19.1 Å². The van der Waals surface area contributed by atoms with Gasteiger partial charge in [-0.1, -0.05) is 12.1 Å². The van der Waals surface area contributed by atoms with Crippen LogP contribution >= 0.6 is 0 Å². The Labute approximate surface area is 253 Å². The number of aromatic nitrogens is 2. The van der Waals surface area contributed by atoms with Gasteiger partial charge in [0.05, 0.1) is 37.3 Å². The van der Waals surface area contributed by atoms with Gasteiger partial charge in [0, 0.05) is 35.2 Å². The molecule has 0 spiro atoms. The Balaban J connectivity index is 1.86. The number of ether oxygens (including phenoxy) is 5. The number of para-hydroxylation sites is 1. The zero-order valence-corrected chi connectivity index (χ0v) is 24.7. The average Bonchev–Trinajstić information content (AvgIpc) is 3.02. The predicted octanol–water partition coefficient (Wildman–Crippen LogP) is 4.86. The van der Waals surface area contributed by atoms with Gasteiger partial charge in [-0.3, -0.25) is 0 Å². The lowest BCUT2D eigenvalue weighted by atomic mass is 9.71. The van der Waals surface area contributed by atoms with Crippen molar-refractivity contribution in [3.63, 3.8) is 0 Å².